The van der Waals surface area contributed by atoms with Gasteiger partial charge in [0, 0.05) is 38.8 Å². The summed E-state index contributed by atoms with van der Waals surface area (Å²) in [6, 6.07) is 0.343. The fourth-order valence-electron chi connectivity index (χ4n) is 7.95. The van der Waals surface area contributed by atoms with Crippen molar-refractivity contribution in [2.75, 3.05) is 39.3 Å². The van der Waals surface area contributed by atoms with E-state index in [0.717, 1.165) is 51.1 Å². The molecular formula is C27H43N5O2. The highest BCUT2D eigenvalue weighted by molar-refractivity contribution is 5.96. The predicted molar refractivity (Wildman–Crippen MR) is 132 cm³/mol. The van der Waals surface area contributed by atoms with Gasteiger partial charge in [-0.3, -0.25) is 9.69 Å². The summed E-state index contributed by atoms with van der Waals surface area (Å²) >= 11 is 0. The van der Waals surface area contributed by atoms with Gasteiger partial charge in [-0.25, -0.2) is 4.68 Å². The molecule has 188 valence electrons. The molecule has 0 radical (unpaired) electrons. The molecule has 1 aromatic heterocycles. The summed E-state index contributed by atoms with van der Waals surface area (Å²) in [7, 11) is 0. The second-order valence-corrected chi connectivity index (χ2v) is 11.9. The second-order valence-electron chi connectivity index (χ2n) is 11.9. The largest absolute Gasteiger partial charge is 0.477 e. The number of nitrogens with one attached hydrogen (secondary N) is 2. The molecule has 0 spiro atoms. The Balaban J connectivity index is 1.15. The molecule has 2 N–H and O–H groups in total. The van der Waals surface area contributed by atoms with Crippen LogP contribution in [0.25, 0.3) is 0 Å². The Labute approximate surface area is 204 Å². The maximum absolute atomic E-state index is 13.6. The Bertz CT molecular complexity index is 814. The molecule has 5 saturated carbocycles. The quantitative estimate of drug-likeness (QED) is 0.611. The first-order valence-corrected chi connectivity index (χ1v) is 14.2. The molecule has 0 unspecified atom stereocenters. The lowest BCUT2D eigenvalue weighted by molar-refractivity contribution is -0.0120. The highest BCUT2D eigenvalue weighted by atomic mass is 16.5. The van der Waals surface area contributed by atoms with Gasteiger partial charge >= 0.3 is 0 Å². The smallest absolute Gasteiger partial charge is 0.258 e. The number of carbonyl (C=O) groups excluding carboxylic acids is 1. The Hall–Kier alpha value is -1.60. The number of ether oxygens (including phenoxy) is 1. The van der Waals surface area contributed by atoms with Crippen LogP contribution < -0.4 is 15.4 Å². The molecule has 1 saturated heterocycles. The number of hydrogen-bond donors (Lipinski definition) is 2. The van der Waals surface area contributed by atoms with Gasteiger partial charge in [0.15, 0.2) is 0 Å². The topological polar surface area (TPSA) is 71.4 Å². The zero-order valence-corrected chi connectivity index (χ0v) is 20.7. The molecule has 1 aromatic rings. The fraction of sp³-hybridized carbons (Fsp3) is 0.852. The van der Waals surface area contributed by atoms with Crippen molar-refractivity contribution in [1.82, 2.24) is 25.3 Å². The maximum Gasteiger partial charge on any atom is 0.258 e. The van der Waals surface area contributed by atoms with Crippen molar-refractivity contribution in [2.45, 2.75) is 76.8 Å². The Morgan fingerprint density at radius 2 is 1.71 bits per heavy atom. The van der Waals surface area contributed by atoms with E-state index in [1.165, 1.54) is 64.2 Å². The number of hydrogen-bond acceptors (Lipinski definition) is 5. The molecule has 1 aliphatic heterocycles. The van der Waals surface area contributed by atoms with E-state index in [0.29, 0.717) is 41.8 Å². The van der Waals surface area contributed by atoms with E-state index in [1.807, 2.05) is 4.68 Å². The van der Waals surface area contributed by atoms with Crippen LogP contribution in [-0.4, -0.2) is 66.0 Å². The van der Waals surface area contributed by atoms with Crippen molar-refractivity contribution in [3.05, 3.63) is 11.8 Å². The highest BCUT2D eigenvalue weighted by Crippen LogP contribution is 2.53. The summed E-state index contributed by atoms with van der Waals surface area (Å²) in [4.78, 5) is 16.0. The van der Waals surface area contributed by atoms with Crippen LogP contribution >= 0.6 is 0 Å². The first kappa shape index (κ1) is 22.8. The van der Waals surface area contributed by atoms with Crippen LogP contribution in [0, 0.1) is 29.6 Å². The molecular weight excluding hydrogens is 426 g/mol. The van der Waals surface area contributed by atoms with Gasteiger partial charge in [-0.15, -0.1) is 0 Å². The van der Waals surface area contributed by atoms with E-state index in [2.05, 4.69) is 20.6 Å². The monoisotopic (exact) mass is 469 g/mol. The standard InChI is InChI=1S/C27H43N5O2/c33-26(30-25-22-13-20-12-21(15-22)16-23(25)14-20)24-17-29-32(11-10-31-8-6-28-7-9-31)27(24)34-18-19-4-2-1-3-5-19/h17,19-23,25,28H,1-16,18H2,(H,30,33). The second kappa shape index (κ2) is 10.2. The Morgan fingerprint density at radius 1 is 1.00 bits per heavy atom. The molecule has 6 fully saturated rings. The Kier molecular flexibility index (Phi) is 6.84. The van der Waals surface area contributed by atoms with Crippen LogP contribution in [0.3, 0.4) is 0 Å². The maximum atomic E-state index is 13.6. The molecule has 1 amide bonds. The lowest BCUT2D eigenvalue weighted by Crippen LogP contribution is -2.55. The molecule has 7 nitrogen and oxygen atoms in total. The van der Waals surface area contributed by atoms with Crippen molar-refractivity contribution < 1.29 is 9.53 Å². The van der Waals surface area contributed by atoms with Crippen LogP contribution in [0.15, 0.2) is 6.20 Å². The van der Waals surface area contributed by atoms with Gasteiger partial charge in [0.25, 0.3) is 5.91 Å². The molecule has 4 bridgehead atoms. The molecule has 6 aliphatic rings. The molecule has 34 heavy (non-hydrogen) atoms. The van der Waals surface area contributed by atoms with Crippen molar-refractivity contribution in [1.29, 1.82) is 0 Å². The third kappa shape index (κ3) is 4.88. The van der Waals surface area contributed by atoms with E-state index in [4.69, 9.17) is 4.74 Å². The molecule has 0 aromatic carbocycles. The number of nitrogens with zero attached hydrogens (tertiary/aromatic N) is 3. The first-order chi connectivity index (χ1) is 16.7. The van der Waals surface area contributed by atoms with Gasteiger partial charge in [-0.05, 0) is 74.5 Å². The van der Waals surface area contributed by atoms with E-state index in [1.54, 1.807) is 6.20 Å². The minimum Gasteiger partial charge on any atom is -0.477 e. The van der Waals surface area contributed by atoms with Crippen LogP contribution in [0.2, 0.25) is 0 Å². The number of carbonyl (C=O) groups is 1. The van der Waals surface area contributed by atoms with E-state index in [-0.39, 0.29) is 5.91 Å². The van der Waals surface area contributed by atoms with Crippen LogP contribution in [-0.2, 0) is 6.54 Å². The summed E-state index contributed by atoms with van der Waals surface area (Å²) in [5.41, 5.74) is 0.643. The average Bonchev–Trinajstić information content (AvgIpc) is 3.27. The van der Waals surface area contributed by atoms with E-state index >= 15 is 0 Å². The van der Waals surface area contributed by atoms with Crippen LogP contribution in [0.4, 0.5) is 0 Å². The SMILES string of the molecule is O=C(NC1C2CC3CC(C2)CC1C3)c1cnn(CCN2CCNCC2)c1OCC1CCCCC1. The van der Waals surface area contributed by atoms with Crippen molar-refractivity contribution >= 4 is 5.91 Å². The number of aromatic nitrogens is 2. The van der Waals surface area contributed by atoms with Gasteiger partial charge in [0.05, 0.1) is 19.3 Å². The number of piperazine rings is 1. The molecule has 7 rings (SSSR count). The summed E-state index contributed by atoms with van der Waals surface area (Å²) in [6.07, 6.45) is 14.9. The van der Waals surface area contributed by atoms with Crippen molar-refractivity contribution in [3.8, 4) is 5.88 Å². The van der Waals surface area contributed by atoms with E-state index in [9.17, 15) is 4.79 Å². The van der Waals surface area contributed by atoms with Crippen LogP contribution in [0.1, 0.15) is 74.6 Å². The molecule has 2 heterocycles. The predicted octanol–water partition coefficient (Wildman–Crippen LogP) is 3.30. The summed E-state index contributed by atoms with van der Waals surface area (Å²) in [6.45, 7) is 6.65. The van der Waals surface area contributed by atoms with Crippen LogP contribution in [0.5, 0.6) is 5.88 Å². The lowest BCUT2D eigenvalue weighted by atomic mass is 9.54. The van der Waals surface area contributed by atoms with Crippen molar-refractivity contribution in [2.24, 2.45) is 29.6 Å². The molecule has 7 heteroatoms. The molecule has 5 aliphatic carbocycles. The lowest BCUT2D eigenvalue weighted by Gasteiger charge is -2.54. The molecule has 0 atom stereocenters. The van der Waals surface area contributed by atoms with Gasteiger partial charge in [0.2, 0.25) is 5.88 Å². The highest BCUT2D eigenvalue weighted by Gasteiger charge is 2.48. The summed E-state index contributed by atoms with van der Waals surface area (Å²) in [5.74, 6) is 4.51. The normalized spacial score (nSPS) is 33.8. The number of amides is 1. The van der Waals surface area contributed by atoms with E-state index < -0.39 is 0 Å². The Morgan fingerprint density at radius 3 is 2.41 bits per heavy atom. The summed E-state index contributed by atoms with van der Waals surface area (Å²) in [5, 5.41) is 11.6. The van der Waals surface area contributed by atoms with Gasteiger partial charge in [-0.2, -0.15) is 5.10 Å². The van der Waals surface area contributed by atoms with Gasteiger partial charge in [-0.1, -0.05) is 19.3 Å². The average molecular weight is 470 g/mol. The fourth-order valence-corrected chi connectivity index (χ4v) is 7.95. The third-order valence-corrected chi connectivity index (χ3v) is 9.58. The third-order valence-electron chi connectivity index (χ3n) is 9.58. The summed E-state index contributed by atoms with van der Waals surface area (Å²) < 4.78 is 8.38. The van der Waals surface area contributed by atoms with Crippen molar-refractivity contribution in [3.63, 3.8) is 0 Å². The zero-order chi connectivity index (χ0) is 22.9. The minimum atomic E-state index is 0.0320. The zero-order valence-electron chi connectivity index (χ0n) is 20.7. The minimum absolute atomic E-state index is 0.0320. The first-order valence-electron chi connectivity index (χ1n) is 14.2. The number of rotatable bonds is 8. The van der Waals surface area contributed by atoms with Gasteiger partial charge < -0.3 is 15.4 Å². The van der Waals surface area contributed by atoms with Gasteiger partial charge in [0.1, 0.15) is 5.56 Å².